The predicted octanol–water partition coefficient (Wildman–Crippen LogP) is 3.91. The van der Waals surface area contributed by atoms with Crippen LogP contribution < -0.4 is 15.0 Å². The van der Waals surface area contributed by atoms with Crippen molar-refractivity contribution in [3.05, 3.63) is 59.4 Å². The second-order valence-corrected chi connectivity index (χ2v) is 9.53. The molecule has 8 nitrogen and oxygen atoms in total. The third-order valence-electron chi connectivity index (χ3n) is 6.38. The summed E-state index contributed by atoms with van der Waals surface area (Å²) >= 11 is 1.33. The zero-order valence-electron chi connectivity index (χ0n) is 19.3. The molecule has 0 fully saturated rings. The average molecular weight is 478 g/mol. The first-order chi connectivity index (χ1) is 16.5. The molecule has 3 aromatic rings. The number of rotatable bonds is 6. The van der Waals surface area contributed by atoms with Crippen LogP contribution in [0.3, 0.4) is 0 Å². The van der Waals surface area contributed by atoms with E-state index >= 15 is 0 Å². The topological polar surface area (TPSA) is 89.4 Å². The molecule has 1 atom stereocenters. The van der Waals surface area contributed by atoms with Crippen molar-refractivity contribution in [3.8, 4) is 5.75 Å². The summed E-state index contributed by atoms with van der Waals surface area (Å²) in [7, 11) is 1.86. The van der Waals surface area contributed by atoms with Crippen LogP contribution in [0.2, 0.25) is 0 Å². The number of carbonyl (C=O) groups is 2. The van der Waals surface area contributed by atoms with E-state index in [4.69, 9.17) is 4.74 Å². The number of hydrogen-bond acceptors (Lipinski definition) is 6. The van der Waals surface area contributed by atoms with Gasteiger partial charge in [-0.15, -0.1) is 10.2 Å². The van der Waals surface area contributed by atoms with E-state index in [1.54, 1.807) is 4.90 Å². The molecular weight excluding hydrogens is 450 g/mol. The minimum atomic E-state index is -0.339. The molecule has 176 valence electrons. The Kier molecular flexibility index (Phi) is 6.28. The van der Waals surface area contributed by atoms with Crippen molar-refractivity contribution in [1.82, 2.24) is 14.8 Å². The number of amides is 2. The molecule has 2 heterocycles. The highest BCUT2D eigenvalue weighted by molar-refractivity contribution is 7.99. The zero-order chi connectivity index (χ0) is 23.7. The van der Waals surface area contributed by atoms with E-state index in [0.717, 1.165) is 24.9 Å². The number of hydrogen-bond donors (Lipinski definition) is 1. The zero-order valence-corrected chi connectivity index (χ0v) is 20.1. The number of para-hydroxylation sites is 2. The first-order valence-electron chi connectivity index (χ1n) is 11.5. The number of nitrogens with one attached hydrogen (secondary N) is 1. The number of aromatic nitrogens is 3. The molecule has 0 saturated heterocycles. The van der Waals surface area contributed by atoms with Gasteiger partial charge in [0.15, 0.2) is 17.6 Å². The highest BCUT2D eigenvalue weighted by atomic mass is 32.2. The lowest BCUT2D eigenvalue weighted by Crippen LogP contribution is -2.41. The maximum atomic E-state index is 12.7. The molecule has 0 unspecified atom stereocenters. The summed E-state index contributed by atoms with van der Waals surface area (Å²) in [5.74, 6) is 1.34. The van der Waals surface area contributed by atoms with Gasteiger partial charge in [-0.2, -0.15) is 0 Å². The standard InChI is InChI=1S/C25H27N5O3S/c1-16(30-20-12-5-6-13-21(20)33-14-23(30)32)24-27-28-25(29(24)2)34-15-22(31)26-19-11-7-9-17-8-3-4-10-18(17)19/h5-7,9,11-13,16H,3-4,8,10,14-15H2,1-2H3,(H,26,31)/t16-/m1/s1. The smallest absolute Gasteiger partial charge is 0.265 e. The SMILES string of the molecule is C[C@H](c1nnc(SCC(=O)Nc2cccc3c2CCCC3)n1C)N1C(=O)COc2ccccc21. The number of nitrogens with zero attached hydrogens (tertiary/aromatic N) is 4. The Morgan fingerprint density at radius 3 is 2.85 bits per heavy atom. The second kappa shape index (κ2) is 9.50. The van der Waals surface area contributed by atoms with Crippen LogP contribution in [0.1, 0.15) is 42.8 Å². The van der Waals surface area contributed by atoms with Gasteiger partial charge in [-0.05, 0) is 61.9 Å². The minimum absolute atomic E-state index is 0.00975. The molecule has 1 aliphatic heterocycles. The summed E-state index contributed by atoms with van der Waals surface area (Å²) in [5.41, 5.74) is 4.23. The third kappa shape index (κ3) is 4.27. The minimum Gasteiger partial charge on any atom is -0.482 e. The maximum Gasteiger partial charge on any atom is 0.265 e. The summed E-state index contributed by atoms with van der Waals surface area (Å²) in [4.78, 5) is 27.1. The fourth-order valence-electron chi connectivity index (χ4n) is 4.69. The Balaban J connectivity index is 1.27. The first-order valence-corrected chi connectivity index (χ1v) is 12.5. The fraction of sp³-hybridized carbons (Fsp3) is 0.360. The van der Waals surface area contributed by atoms with Crippen molar-refractivity contribution in [3.63, 3.8) is 0 Å². The summed E-state index contributed by atoms with van der Waals surface area (Å²) in [5, 5.41) is 12.3. The first kappa shape index (κ1) is 22.5. The van der Waals surface area contributed by atoms with Crippen LogP contribution in [0.15, 0.2) is 47.6 Å². The van der Waals surface area contributed by atoms with Crippen LogP contribution in [0.4, 0.5) is 11.4 Å². The second-order valence-electron chi connectivity index (χ2n) is 8.58. The molecule has 5 rings (SSSR count). The van der Waals surface area contributed by atoms with Gasteiger partial charge in [-0.3, -0.25) is 14.5 Å². The van der Waals surface area contributed by atoms with E-state index < -0.39 is 0 Å². The molecule has 1 aliphatic carbocycles. The molecule has 0 saturated carbocycles. The fourth-order valence-corrected chi connectivity index (χ4v) is 5.41. The Hall–Kier alpha value is -3.33. The summed E-state index contributed by atoms with van der Waals surface area (Å²) in [6, 6.07) is 13.3. The summed E-state index contributed by atoms with van der Waals surface area (Å²) in [6.07, 6.45) is 4.44. The van der Waals surface area contributed by atoms with Crippen molar-refractivity contribution in [2.45, 2.75) is 43.8 Å². The van der Waals surface area contributed by atoms with Crippen molar-refractivity contribution >= 4 is 35.0 Å². The van der Waals surface area contributed by atoms with Crippen molar-refractivity contribution < 1.29 is 14.3 Å². The van der Waals surface area contributed by atoms with Gasteiger partial charge in [-0.1, -0.05) is 36.0 Å². The highest BCUT2D eigenvalue weighted by Crippen LogP contribution is 2.37. The Morgan fingerprint density at radius 2 is 1.97 bits per heavy atom. The molecule has 34 heavy (non-hydrogen) atoms. The summed E-state index contributed by atoms with van der Waals surface area (Å²) in [6.45, 7) is 1.91. The van der Waals surface area contributed by atoms with Gasteiger partial charge in [0.25, 0.3) is 5.91 Å². The molecule has 1 N–H and O–H groups in total. The van der Waals surface area contributed by atoms with Crippen molar-refractivity contribution in [2.24, 2.45) is 7.05 Å². The van der Waals surface area contributed by atoms with Crippen LogP contribution in [-0.4, -0.2) is 38.9 Å². The van der Waals surface area contributed by atoms with Crippen LogP contribution in [0.5, 0.6) is 5.75 Å². The summed E-state index contributed by atoms with van der Waals surface area (Å²) < 4.78 is 7.40. The van der Waals surface area contributed by atoms with Crippen molar-refractivity contribution in [2.75, 3.05) is 22.6 Å². The number of fused-ring (bicyclic) bond motifs is 2. The lowest BCUT2D eigenvalue weighted by Gasteiger charge is -2.33. The molecule has 0 radical (unpaired) electrons. The predicted molar refractivity (Wildman–Crippen MR) is 131 cm³/mol. The third-order valence-corrected chi connectivity index (χ3v) is 7.40. The Labute approximate surface area is 202 Å². The van der Waals surface area contributed by atoms with Gasteiger partial charge in [0.2, 0.25) is 5.91 Å². The van der Waals surface area contributed by atoms with Crippen molar-refractivity contribution in [1.29, 1.82) is 0 Å². The van der Waals surface area contributed by atoms with E-state index in [0.29, 0.717) is 22.4 Å². The Bertz CT molecular complexity index is 1240. The molecule has 2 amide bonds. The molecule has 0 bridgehead atoms. The maximum absolute atomic E-state index is 12.7. The number of thioether (sulfide) groups is 1. The molecule has 2 aliphatic rings. The molecular formula is C25H27N5O3S. The number of anilines is 2. The van der Waals surface area contributed by atoms with Gasteiger partial charge in [-0.25, -0.2) is 0 Å². The number of ether oxygens (including phenoxy) is 1. The van der Waals surface area contributed by atoms with E-state index in [1.165, 1.54) is 29.3 Å². The largest absolute Gasteiger partial charge is 0.482 e. The van der Waals surface area contributed by atoms with E-state index in [9.17, 15) is 9.59 Å². The number of carbonyl (C=O) groups excluding carboxylic acids is 2. The number of aryl methyl sites for hydroxylation is 1. The van der Waals surface area contributed by atoms with E-state index in [-0.39, 0.29) is 30.2 Å². The Morgan fingerprint density at radius 1 is 1.15 bits per heavy atom. The van der Waals surface area contributed by atoms with Crippen LogP contribution in [0.25, 0.3) is 0 Å². The van der Waals surface area contributed by atoms with Gasteiger partial charge >= 0.3 is 0 Å². The molecule has 2 aromatic carbocycles. The van der Waals surface area contributed by atoms with Crippen LogP contribution >= 0.6 is 11.8 Å². The van der Waals surface area contributed by atoms with Gasteiger partial charge in [0.1, 0.15) is 5.75 Å². The van der Waals surface area contributed by atoms with Crippen LogP contribution in [0, 0.1) is 0 Å². The highest BCUT2D eigenvalue weighted by Gasteiger charge is 2.32. The molecule has 0 spiro atoms. The van der Waals surface area contributed by atoms with Crippen LogP contribution in [-0.2, 0) is 29.5 Å². The number of benzene rings is 2. The lowest BCUT2D eigenvalue weighted by atomic mass is 9.90. The van der Waals surface area contributed by atoms with E-state index in [1.807, 2.05) is 54.9 Å². The lowest BCUT2D eigenvalue weighted by molar-refractivity contribution is -0.121. The normalized spacial score (nSPS) is 15.8. The van der Waals surface area contributed by atoms with Gasteiger partial charge in [0, 0.05) is 12.7 Å². The quantitative estimate of drug-likeness (QED) is 0.542. The molecule has 1 aromatic heterocycles. The van der Waals surface area contributed by atoms with Gasteiger partial charge < -0.3 is 14.6 Å². The van der Waals surface area contributed by atoms with Gasteiger partial charge in [0.05, 0.1) is 17.5 Å². The average Bonchev–Trinajstić information content (AvgIpc) is 3.22. The molecule has 9 heteroatoms. The monoisotopic (exact) mass is 477 g/mol. The van der Waals surface area contributed by atoms with E-state index in [2.05, 4.69) is 21.6 Å².